The zero-order valence-electron chi connectivity index (χ0n) is 12.1. The number of nitrogens with zero attached hydrogens (tertiary/aromatic N) is 1. The summed E-state index contributed by atoms with van der Waals surface area (Å²) in [7, 11) is 0. The van der Waals surface area contributed by atoms with Crippen molar-refractivity contribution < 1.29 is 14.6 Å². The molecule has 2 aromatic carbocycles. The molecular formula is C18H15NO3. The minimum absolute atomic E-state index is 0.238. The smallest absolute Gasteiger partial charge is 0.219 e. The van der Waals surface area contributed by atoms with Crippen LogP contribution >= 0.6 is 0 Å². The van der Waals surface area contributed by atoms with Gasteiger partial charge in [0.25, 0.3) is 0 Å². The van der Waals surface area contributed by atoms with Crippen LogP contribution in [0.5, 0.6) is 17.4 Å². The van der Waals surface area contributed by atoms with Crippen molar-refractivity contribution in [3.8, 4) is 17.4 Å². The van der Waals surface area contributed by atoms with Crippen LogP contribution in [0.4, 0.5) is 0 Å². The Labute approximate surface area is 128 Å². The average molecular weight is 293 g/mol. The van der Waals surface area contributed by atoms with Crippen molar-refractivity contribution in [2.45, 2.75) is 13.3 Å². The first-order valence-corrected chi connectivity index (χ1v) is 6.96. The van der Waals surface area contributed by atoms with Crippen molar-refractivity contribution in [2.75, 3.05) is 0 Å². The molecule has 0 saturated carbocycles. The van der Waals surface area contributed by atoms with Gasteiger partial charge in [0.2, 0.25) is 5.88 Å². The van der Waals surface area contributed by atoms with Crippen molar-refractivity contribution >= 4 is 17.2 Å². The number of rotatable bonds is 4. The fourth-order valence-corrected chi connectivity index (χ4v) is 2.25. The minimum Gasteiger partial charge on any atom is -0.508 e. The number of aromatic nitrogens is 1. The molecule has 0 aliphatic rings. The molecule has 0 bridgehead atoms. The molecule has 3 aromatic rings. The van der Waals surface area contributed by atoms with Gasteiger partial charge in [0, 0.05) is 17.9 Å². The van der Waals surface area contributed by atoms with Crippen molar-refractivity contribution in [2.24, 2.45) is 0 Å². The molecule has 0 aliphatic carbocycles. The van der Waals surface area contributed by atoms with Crippen LogP contribution in [0, 0.1) is 6.92 Å². The van der Waals surface area contributed by atoms with E-state index >= 15 is 0 Å². The molecule has 0 amide bonds. The fourth-order valence-electron chi connectivity index (χ4n) is 2.25. The van der Waals surface area contributed by atoms with Crippen LogP contribution in [0.1, 0.15) is 11.1 Å². The molecule has 0 spiro atoms. The van der Waals surface area contributed by atoms with E-state index in [4.69, 9.17) is 4.74 Å². The molecule has 0 fully saturated rings. The molecule has 0 unspecified atom stereocenters. The van der Waals surface area contributed by atoms with Crippen LogP contribution in [0.2, 0.25) is 0 Å². The van der Waals surface area contributed by atoms with E-state index in [0.29, 0.717) is 18.1 Å². The number of carbonyl (C=O) groups excluding carboxylic acids is 1. The second kappa shape index (κ2) is 5.85. The zero-order valence-corrected chi connectivity index (χ0v) is 12.1. The maximum Gasteiger partial charge on any atom is 0.219 e. The minimum atomic E-state index is 0.238. The molecule has 4 heteroatoms. The quantitative estimate of drug-likeness (QED) is 0.744. The second-order valence-electron chi connectivity index (χ2n) is 5.10. The predicted octanol–water partition coefficient (Wildman–Crippen LogP) is 3.78. The number of aldehydes is 1. The van der Waals surface area contributed by atoms with Crippen LogP contribution in [0.15, 0.2) is 48.5 Å². The predicted molar refractivity (Wildman–Crippen MR) is 84.4 cm³/mol. The molecular weight excluding hydrogens is 278 g/mol. The third kappa shape index (κ3) is 2.91. The molecule has 1 N–H and O–H groups in total. The summed E-state index contributed by atoms with van der Waals surface area (Å²) in [5.74, 6) is 1.35. The van der Waals surface area contributed by atoms with E-state index in [9.17, 15) is 9.90 Å². The number of hydrogen-bond donors (Lipinski definition) is 1. The van der Waals surface area contributed by atoms with Gasteiger partial charge in [-0.15, -0.1) is 0 Å². The van der Waals surface area contributed by atoms with Gasteiger partial charge >= 0.3 is 0 Å². The maximum absolute atomic E-state index is 10.6. The molecule has 4 nitrogen and oxygen atoms in total. The maximum atomic E-state index is 10.6. The summed E-state index contributed by atoms with van der Waals surface area (Å²) >= 11 is 0. The number of fused-ring (bicyclic) bond motifs is 1. The van der Waals surface area contributed by atoms with Crippen molar-refractivity contribution in [3.05, 3.63) is 59.7 Å². The molecule has 0 aliphatic heterocycles. The summed E-state index contributed by atoms with van der Waals surface area (Å²) < 4.78 is 5.72. The van der Waals surface area contributed by atoms with Gasteiger partial charge in [0.1, 0.15) is 17.8 Å². The Morgan fingerprint density at radius 1 is 1.14 bits per heavy atom. The highest BCUT2D eigenvalue weighted by atomic mass is 16.5. The molecule has 22 heavy (non-hydrogen) atoms. The Bertz CT molecular complexity index is 843. The summed E-state index contributed by atoms with van der Waals surface area (Å²) in [6, 6.07) is 14.5. The monoisotopic (exact) mass is 293 g/mol. The van der Waals surface area contributed by atoms with E-state index in [1.165, 1.54) is 0 Å². The van der Waals surface area contributed by atoms with Crippen molar-refractivity contribution in [1.82, 2.24) is 4.98 Å². The lowest BCUT2D eigenvalue weighted by Gasteiger charge is -2.08. The third-order valence-electron chi connectivity index (χ3n) is 3.44. The van der Waals surface area contributed by atoms with Gasteiger partial charge in [0.05, 0.1) is 5.52 Å². The molecule has 110 valence electrons. The van der Waals surface area contributed by atoms with Crippen molar-refractivity contribution in [1.29, 1.82) is 0 Å². The number of aromatic hydroxyl groups is 1. The van der Waals surface area contributed by atoms with Gasteiger partial charge in [-0.1, -0.05) is 6.07 Å². The first-order valence-electron chi connectivity index (χ1n) is 6.96. The summed E-state index contributed by atoms with van der Waals surface area (Å²) in [6.45, 7) is 1.81. The van der Waals surface area contributed by atoms with E-state index in [-0.39, 0.29) is 5.75 Å². The summed E-state index contributed by atoms with van der Waals surface area (Å²) in [5.41, 5.74) is 2.52. The summed E-state index contributed by atoms with van der Waals surface area (Å²) in [5, 5.41) is 10.5. The number of pyridine rings is 1. The van der Waals surface area contributed by atoms with Crippen LogP contribution in [-0.2, 0) is 11.2 Å². The zero-order chi connectivity index (χ0) is 15.5. The average Bonchev–Trinajstić information content (AvgIpc) is 2.51. The van der Waals surface area contributed by atoms with Crippen LogP contribution in [-0.4, -0.2) is 16.4 Å². The topological polar surface area (TPSA) is 59.4 Å². The van der Waals surface area contributed by atoms with Gasteiger partial charge in [-0.2, -0.15) is 0 Å². The van der Waals surface area contributed by atoms with E-state index < -0.39 is 0 Å². The van der Waals surface area contributed by atoms with Crippen molar-refractivity contribution in [3.63, 3.8) is 0 Å². The molecule has 0 atom stereocenters. The van der Waals surface area contributed by atoms with Gasteiger partial charge in [-0.3, -0.25) is 0 Å². The Balaban J connectivity index is 1.89. The molecule has 3 rings (SSSR count). The lowest BCUT2D eigenvalue weighted by Crippen LogP contribution is -1.91. The summed E-state index contributed by atoms with van der Waals surface area (Å²) in [4.78, 5) is 15.0. The Hall–Kier alpha value is -2.88. The highest BCUT2D eigenvalue weighted by molar-refractivity contribution is 5.80. The Morgan fingerprint density at radius 3 is 2.77 bits per heavy atom. The molecule has 1 heterocycles. The molecule has 0 radical (unpaired) electrons. The normalized spacial score (nSPS) is 10.6. The SMILES string of the molecule is Cc1cc(Oc2ccc3cc(CC=O)ccc3n2)ccc1O. The largest absolute Gasteiger partial charge is 0.508 e. The number of phenolic OH excluding ortho intramolecular Hbond substituents is 1. The standard InChI is InChI=1S/C18H15NO3/c1-12-10-15(4-6-17(12)21)22-18-7-3-14-11-13(8-9-20)2-5-16(14)19-18/h2-7,9-11,21H,8H2,1H3. The fraction of sp³-hybridized carbons (Fsp3) is 0.111. The van der Waals surface area contributed by atoms with E-state index in [1.807, 2.05) is 31.2 Å². The highest BCUT2D eigenvalue weighted by Gasteiger charge is 2.04. The third-order valence-corrected chi connectivity index (χ3v) is 3.44. The van der Waals surface area contributed by atoms with Crippen LogP contribution in [0.25, 0.3) is 10.9 Å². The number of carbonyl (C=O) groups is 1. The Morgan fingerprint density at radius 2 is 2.00 bits per heavy atom. The van der Waals surface area contributed by atoms with E-state index in [2.05, 4.69) is 4.98 Å². The first-order chi connectivity index (χ1) is 10.7. The van der Waals surface area contributed by atoms with Crippen LogP contribution < -0.4 is 4.74 Å². The first kappa shape index (κ1) is 14.1. The second-order valence-corrected chi connectivity index (χ2v) is 5.10. The molecule has 1 aromatic heterocycles. The van der Waals surface area contributed by atoms with Gasteiger partial charge in [-0.25, -0.2) is 4.98 Å². The Kier molecular flexibility index (Phi) is 3.74. The number of ether oxygens (including phenoxy) is 1. The van der Waals surface area contributed by atoms with E-state index in [1.54, 1.807) is 24.3 Å². The van der Waals surface area contributed by atoms with Crippen LogP contribution in [0.3, 0.4) is 0 Å². The number of hydrogen-bond acceptors (Lipinski definition) is 4. The summed E-state index contributed by atoms with van der Waals surface area (Å²) in [6.07, 6.45) is 1.29. The van der Waals surface area contributed by atoms with Gasteiger partial charge in [-0.05, 0) is 54.4 Å². The van der Waals surface area contributed by atoms with Gasteiger partial charge in [0.15, 0.2) is 0 Å². The lowest BCUT2D eigenvalue weighted by atomic mass is 10.1. The van der Waals surface area contributed by atoms with Gasteiger partial charge < -0.3 is 14.6 Å². The highest BCUT2D eigenvalue weighted by Crippen LogP contribution is 2.27. The number of phenols is 1. The molecule has 0 saturated heterocycles. The number of benzene rings is 2. The van der Waals surface area contributed by atoms with E-state index in [0.717, 1.165) is 28.3 Å². The lowest BCUT2D eigenvalue weighted by molar-refractivity contribution is -0.107. The number of aryl methyl sites for hydroxylation is 1.